The van der Waals surface area contributed by atoms with Crippen LogP contribution in [0.4, 0.5) is 13.2 Å². The van der Waals surface area contributed by atoms with Crippen LogP contribution in [0, 0.1) is 17.5 Å². The third kappa shape index (κ3) is 3.80. The molecule has 0 saturated carbocycles. The fourth-order valence-corrected chi connectivity index (χ4v) is 2.79. The van der Waals surface area contributed by atoms with Crippen molar-refractivity contribution in [2.75, 3.05) is 32.1 Å². The number of sulfone groups is 1. The van der Waals surface area contributed by atoms with Crippen LogP contribution < -0.4 is 0 Å². The van der Waals surface area contributed by atoms with Crippen LogP contribution in [0.5, 0.6) is 0 Å². The molecule has 0 fully saturated rings. The molecule has 122 valence electrons. The molecular weight excluding hydrogens is 317 g/mol. The van der Waals surface area contributed by atoms with Gasteiger partial charge in [-0.1, -0.05) is 0 Å². The lowest BCUT2D eigenvalue weighted by atomic mass is 10.2. The van der Waals surface area contributed by atoms with Gasteiger partial charge in [0.25, 0.3) is 0 Å². The molecule has 1 heterocycles. The zero-order valence-corrected chi connectivity index (χ0v) is 13.1. The molecule has 0 N–H and O–H groups in total. The standard InChI is InChI=1S/C14H17F3N2O2S/c1-18(7-8-22(2,20)21)5-6-19-4-3-10-12(19)9-11(15)14(17)13(10)16/h3-4,9H,5-8H2,1-2H3. The zero-order valence-electron chi connectivity index (χ0n) is 12.3. The van der Waals surface area contributed by atoms with Crippen molar-refractivity contribution in [2.24, 2.45) is 0 Å². The highest BCUT2D eigenvalue weighted by atomic mass is 32.2. The molecule has 0 saturated heterocycles. The van der Waals surface area contributed by atoms with Gasteiger partial charge in [0.2, 0.25) is 0 Å². The van der Waals surface area contributed by atoms with Crippen LogP contribution in [-0.4, -0.2) is 50.0 Å². The number of aromatic nitrogens is 1. The summed E-state index contributed by atoms with van der Waals surface area (Å²) < 4.78 is 63.9. The van der Waals surface area contributed by atoms with Crippen molar-refractivity contribution in [1.82, 2.24) is 9.47 Å². The molecule has 0 aliphatic heterocycles. The highest BCUT2D eigenvalue weighted by Gasteiger charge is 2.16. The summed E-state index contributed by atoms with van der Waals surface area (Å²) in [6.07, 6.45) is 2.72. The molecule has 0 bridgehead atoms. The van der Waals surface area contributed by atoms with Crippen LogP contribution >= 0.6 is 0 Å². The van der Waals surface area contributed by atoms with E-state index in [4.69, 9.17) is 0 Å². The second-order valence-electron chi connectivity index (χ2n) is 5.36. The van der Waals surface area contributed by atoms with E-state index >= 15 is 0 Å². The van der Waals surface area contributed by atoms with Gasteiger partial charge in [0, 0.05) is 43.5 Å². The van der Waals surface area contributed by atoms with E-state index in [9.17, 15) is 21.6 Å². The Morgan fingerprint density at radius 2 is 1.86 bits per heavy atom. The monoisotopic (exact) mass is 334 g/mol. The van der Waals surface area contributed by atoms with Crippen LogP contribution in [-0.2, 0) is 16.4 Å². The highest BCUT2D eigenvalue weighted by molar-refractivity contribution is 7.90. The summed E-state index contributed by atoms with van der Waals surface area (Å²) in [7, 11) is -1.27. The summed E-state index contributed by atoms with van der Waals surface area (Å²) in [6, 6.07) is 2.36. The van der Waals surface area contributed by atoms with Gasteiger partial charge in [-0.3, -0.25) is 0 Å². The van der Waals surface area contributed by atoms with E-state index < -0.39 is 27.3 Å². The first-order chi connectivity index (χ1) is 10.2. The van der Waals surface area contributed by atoms with E-state index in [1.807, 2.05) is 4.90 Å². The molecule has 0 unspecified atom stereocenters. The number of likely N-dealkylation sites (N-methyl/N-ethyl adjacent to an activating group) is 1. The Balaban J connectivity index is 2.10. The van der Waals surface area contributed by atoms with E-state index in [0.29, 0.717) is 19.6 Å². The largest absolute Gasteiger partial charge is 0.346 e. The molecule has 1 aromatic heterocycles. The molecule has 2 aromatic rings. The maximum absolute atomic E-state index is 13.6. The number of rotatable bonds is 6. The van der Waals surface area contributed by atoms with Crippen LogP contribution in [0.2, 0.25) is 0 Å². The first-order valence-electron chi connectivity index (χ1n) is 6.67. The number of benzene rings is 1. The molecule has 0 radical (unpaired) electrons. The lowest BCUT2D eigenvalue weighted by Gasteiger charge is -2.16. The lowest BCUT2D eigenvalue weighted by Crippen LogP contribution is -2.28. The van der Waals surface area contributed by atoms with Crippen molar-refractivity contribution < 1.29 is 21.6 Å². The Morgan fingerprint density at radius 1 is 1.18 bits per heavy atom. The molecule has 1 aromatic carbocycles. The van der Waals surface area contributed by atoms with E-state index in [1.165, 1.54) is 12.3 Å². The molecule has 0 aliphatic carbocycles. The van der Waals surface area contributed by atoms with Gasteiger partial charge in [-0.15, -0.1) is 0 Å². The van der Waals surface area contributed by atoms with E-state index in [1.54, 1.807) is 17.8 Å². The third-order valence-corrected chi connectivity index (χ3v) is 4.40. The van der Waals surface area contributed by atoms with Crippen LogP contribution in [0.15, 0.2) is 18.3 Å². The molecule has 8 heteroatoms. The van der Waals surface area contributed by atoms with E-state index in [2.05, 4.69) is 0 Å². The maximum atomic E-state index is 13.6. The van der Waals surface area contributed by atoms with Gasteiger partial charge in [-0.25, -0.2) is 21.6 Å². The third-order valence-electron chi connectivity index (χ3n) is 3.48. The van der Waals surface area contributed by atoms with E-state index in [-0.39, 0.29) is 16.7 Å². The van der Waals surface area contributed by atoms with Crippen molar-refractivity contribution in [1.29, 1.82) is 0 Å². The van der Waals surface area contributed by atoms with Crippen molar-refractivity contribution in [2.45, 2.75) is 6.54 Å². The molecule has 4 nitrogen and oxygen atoms in total. The average Bonchev–Trinajstić information content (AvgIpc) is 2.82. The summed E-state index contributed by atoms with van der Waals surface area (Å²) in [5.41, 5.74) is 0.271. The summed E-state index contributed by atoms with van der Waals surface area (Å²) in [6.45, 7) is 1.28. The second kappa shape index (κ2) is 6.29. The van der Waals surface area contributed by atoms with Crippen molar-refractivity contribution in [3.8, 4) is 0 Å². The molecule has 0 atom stereocenters. The van der Waals surface area contributed by atoms with Gasteiger partial charge in [0.1, 0.15) is 9.84 Å². The Morgan fingerprint density at radius 3 is 2.50 bits per heavy atom. The van der Waals surface area contributed by atoms with Gasteiger partial charge in [-0.2, -0.15) is 0 Å². The Bertz CT molecular complexity index is 787. The summed E-state index contributed by atoms with van der Waals surface area (Å²) in [5.74, 6) is -3.85. The second-order valence-corrected chi connectivity index (χ2v) is 7.62. The average molecular weight is 334 g/mol. The SMILES string of the molecule is CN(CCn1ccc2c(F)c(F)c(F)cc21)CCS(C)(=O)=O. The molecule has 0 amide bonds. The van der Waals surface area contributed by atoms with Crippen LogP contribution in [0.1, 0.15) is 0 Å². The molecule has 22 heavy (non-hydrogen) atoms. The molecule has 0 aliphatic rings. The summed E-state index contributed by atoms with van der Waals surface area (Å²) in [5, 5.41) is 0.0256. The highest BCUT2D eigenvalue weighted by Crippen LogP contribution is 2.24. The van der Waals surface area contributed by atoms with Crippen molar-refractivity contribution >= 4 is 20.7 Å². The Hall–Kier alpha value is -1.54. The van der Waals surface area contributed by atoms with Crippen molar-refractivity contribution in [3.63, 3.8) is 0 Å². The topological polar surface area (TPSA) is 42.3 Å². The Kier molecular flexibility index (Phi) is 4.81. The van der Waals surface area contributed by atoms with Gasteiger partial charge < -0.3 is 9.47 Å². The number of halogens is 3. The van der Waals surface area contributed by atoms with Gasteiger partial charge in [0.05, 0.1) is 11.3 Å². The smallest absolute Gasteiger partial charge is 0.195 e. The van der Waals surface area contributed by atoms with Crippen LogP contribution in [0.3, 0.4) is 0 Å². The quantitative estimate of drug-likeness (QED) is 0.759. The zero-order chi connectivity index (χ0) is 16.5. The minimum Gasteiger partial charge on any atom is -0.346 e. The van der Waals surface area contributed by atoms with Gasteiger partial charge in [-0.05, 0) is 13.1 Å². The minimum absolute atomic E-state index is 0.0256. The van der Waals surface area contributed by atoms with Gasteiger partial charge in [0.15, 0.2) is 17.5 Å². The number of fused-ring (bicyclic) bond motifs is 1. The van der Waals surface area contributed by atoms with Crippen LogP contribution in [0.25, 0.3) is 10.9 Å². The fraction of sp³-hybridized carbons (Fsp3) is 0.429. The summed E-state index contributed by atoms with van der Waals surface area (Å²) in [4.78, 5) is 1.81. The molecular formula is C14H17F3N2O2S. The first-order valence-corrected chi connectivity index (χ1v) is 8.73. The predicted octanol–water partition coefficient (Wildman–Crippen LogP) is 2.04. The Labute approximate surface area is 127 Å². The normalized spacial score (nSPS) is 12.5. The number of hydrogen-bond acceptors (Lipinski definition) is 3. The molecule has 0 spiro atoms. The summed E-state index contributed by atoms with van der Waals surface area (Å²) >= 11 is 0. The number of nitrogens with zero attached hydrogens (tertiary/aromatic N) is 2. The van der Waals surface area contributed by atoms with Crippen molar-refractivity contribution in [3.05, 3.63) is 35.8 Å². The van der Waals surface area contributed by atoms with E-state index in [0.717, 1.165) is 6.07 Å². The lowest BCUT2D eigenvalue weighted by molar-refractivity contribution is 0.338. The minimum atomic E-state index is -3.03. The fourth-order valence-electron chi connectivity index (χ4n) is 2.14. The molecule has 2 rings (SSSR count). The predicted molar refractivity (Wildman–Crippen MR) is 79.0 cm³/mol. The maximum Gasteiger partial charge on any atom is 0.195 e. The number of hydrogen-bond donors (Lipinski definition) is 0. The first kappa shape index (κ1) is 16.8. The van der Waals surface area contributed by atoms with Gasteiger partial charge >= 0.3 is 0 Å².